The Kier molecular flexibility index (Phi) is 7.19. The summed E-state index contributed by atoms with van der Waals surface area (Å²) >= 11 is 1.63. The maximum absolute atomic E-state index is 12.5. The van der Waals surface area contributed by atoms with Gasteiger partial charge in [0, 0.05) is 35.6 Å². The summed E-state index contributed by atoms with van der Waals surface area (Å²) in [5.41, 5.74) is 1.48. The van der Waals surface area contributed by atoms with Crippen molar-refractivity contribution in [3.05, 3.63) is 11.3 Å². The summed E-state index contributed by atoms with van der Waals surface area (Å²) < 4.78 is 27.8. The second-order valence-corrected chi connectivity index (χ2v) is 7.89. The Morgan fingerprint density at radius 3 is 2.57 bits per heavy atom. The Labute approximate surface area is 131 Å². The number of aromatic nitrogens is 2. The minimum atomic E-state index is -3.60. The van der Waals surface area contributed by atoms with Crippen molar-refractivity contribution in [2.75, 3.05) is 12.0 Å². The molecule has 0 aliphatic heterocycles. The Balaban J connectivity index is 2.97. The SMILES string of the molecule is CCC(CSC)NS(=O)(=O)c1n[nH]c(C)c1CNC(C)C. The first-order valence-corrected chi connectivity index (χ1v) is 9.98. The molecule has 1 atom stereocenters. The van der Waals surface area contributed by atoms with Crippen molar-refractivity contribution in [1.82, 2.24) is 20.2 Å². The molecule has 1 unspecified atom stereocenters. The minimum Gasteiger partial charge on any atom is -0.310 e. The zero-order valence-electron chi connectivity index (χ0n) is 13.4. The lowest BCUT2D eigenvalue weighted by Crippen LogP contribution is -2.37. The van der Waals surface area contributed by atoms with Gasteiger partial charge in [-0.25, -0.2) is 13.1 Å². The van der Waals surface area contributed by atoms with E-state index < -0.39 is 10.0 Å². The van der Waals surface area contributed by atoms with E-state index in [4.69, 9.17) is 0 Å². The monoisotopic (exact) mass is 334 g/mol. The lowest BCUT2D eigenvalue weighted by atomic mass is 10.2. The maximum atomic E-state index is 12.5. The van der Waals surface area contributed by atoms with Crippen LogP contribution < -0.4 is 10.0 Å². The van der Waals surface area contributed by atoms with Crippen molar-refractivity contribution < 1.29 is 8.42 Å². The van der Waals surface area contributed by atoms with Crippen LogP contribution in [-0.4, -0.2) is 42.7 Å². The van der Waals surface area contributed by atoms with Gasteiger partial charge < -0.3 is 5.32 Å². The number of nitrogens with zero attached hydrogens (tertiary/aromatic N) is 1. The topological polar surface area (TPSA) is 86.9 Å². The van der Waals surface area contributed by atoms with Crippen molar-refractivity contribution in [2.24, 2.45) is 0 Å². The third-order valence-electron chi connectivity index (χ3n) is 3.16. The second-order valence-electron chi connectivity index (χ2n) is 5.35. The van der Waals surface area contributed by atoms with Crippen LogP contribution in [0.2, 0.25) is 0 Å². The van der Waals surface area contributed by atoms with Crippen LogP contribution in [0.4, 0.5) is 0 Å². The van der Waals surface area contributed by atoms with Gasteiger partial charge >= 0.3 is 0 Å². The van der Waals surface area contributed by atoms with E-state index in [0.29, 0.717) is 12.1 Å². The number of H-pyrrole nitrogens is 1. The lowest BCUT2D eigenvalue weighted by Gasteiger charge is -2.16. The molecule has 1 rings (SSSR count). The molecular weight excluding hydrogens is 308 g/mol. The number of thioether (sulfide) groups is 1. The first-order chi connectivity index (χ1) is 9.81. The van der Waals surface area contributed by atoms with Crippen LogP contribution in [0.15, 0.2) is 5.03 Å². The molecule has 8 heteroatoms. The highest BCUT2D eigenvalue weighted by Crippen LogP contribution is 2.17. The van der Waals surface area contributed by atoms with E-state index in [1.54, 1.807) is 11.8 Å². The van der Waals surface area contributed by atoms with Gasteiger partial charge in [0.25, 0.3) is 10.0 Å². The number of nitrogens with one attached hydrogen (secondary N) is 3. The van der Waals surface area contributed by atoms with Gasteiger partial charge in [-0.1, -0.05) is 20.8 Å². The van der Waals surface area contributed by atoms with Gasteiger partial charge in [0.2, 0.25) is 0 Å². The van der Waals surface area contributed by atoms with Gasteiger partial charge in [-0.3, -0.25) is 5.10 Å². The number of rotatable bonds is 9. The van der Waals surface area contributed by atoms with E-state index in [1.165, 1.54) is 0 Å². The summed E-state index contributed by atoms with van der Waals surface area (Å²) in [5.74, 6) is 0.749. The highest BCUT2D eigenvalue weighted by molar-refractivity contribution is 7.98. The van der Waals surface area contributed by atoms with Gasteiger partial charge in [0.15, 0.2) is 5.03 Å². The standard InChI is InChI=1S/C13H26N4O2S2/c1-6-11(8-20-5)17-21(18,19)13-12(7-14-9(2)3)10(4)15-16-13/h9,11,14,17H,6-8H2,1-5H3,(H,15,16). The Morgan fingerprint density at radius 1 is 1.38 bits per heavy atom. The average molecular weight is 335 g/mol. The van der Waals surface area contributed by atoms with E-state index in [2.05, 4.69) is 20.2 Å². The van der Waals surface area contributed by atoms with Crippen LogP contribution >= 0.6 is 11.8 Å². The maximum Gasteiger partial charge on any atom is 0.260 e. The van der Waals surface area contributed by atoms with E-state index in [9.17, 15) is 8.42 Å². The number of hydrogen-bond donors (Lipinski definition) is 3. The molecule has 0 saturated carbocycles. The molecule has 0 radical (unpaired) electrons. The van der Waals surface area contributed by atoms with E-state index in [1.807, 2.05) is 34.0 Å². The van der Waals surface area contributed by atoms with Crippen LogP contribution in [0.25, 0.3) is 0 Å². The molecule has 1 heterocycles. The molecule has 0 amide bonds. The van der Waals surface area contributed by atoms with E-state index in [0.717, 1.165) is 17.9 Å². The van der Waals surface area contributed by atoms with Gasteiger partial charge in [0.05, 0.1) is 0 Å². The molecular formula is C13H26N4O2S2. The Morgan fingerprint density at radius 2 is 2.05 bits per heavy atom. The second kappa shape index (κ2) is 8.17. The summed E-state index contributed by atoms with van der Waals surface area (Å²) in [6, 6.07) is 0.204. The van der Waals surface area contributed by atoms with E-state index >= 15 is 0 Å². The quantitative estimate of drug-likeness (QED) is 0.639. The fraction of sp³-hybridized carbons (Fsp3) is 0.769. The first-order valence-electron chi connectivity index (χ1n) is 7.10. The molecule has 1 aromatic heterocycles. The third-order valence-corrected chi connectivity index (χ3v) is 5.39. The van der Waals surface area contributed by atoms with Crippen molar-refractivity contribution >= 4 is 21.8 Å². The normalized spacial score (nSPS) is 13.8. The summed E-state index contributed by atoms with van der Waals surface area (Å²) in [4.78, 5) is 0. The number of aromatic amines is 1. The molecule has 0 saturated heterocycles. The lowest BCUT2D eigenvalue weighted by molar-refractivity contribution is 0.547. The minimum absolute atomic E-state index is 0.0760. The molecule has 3 N–H and O–H groups in total. The molecule has 0 bridgehead atoms. The summed E-state index contributed by atoms with van der Waals surface area (Å²) in [7, 11) is -3.60. The van der Waals surface area contributed by atoms with Crippen LogP contribution in [0, 0.1) is 6.92 Å². The highest BCUT2D eigenvalue weighted by atomic mass is 32.2. The Bertz CT molecular complexity index is 540. The first kappa shape index (κ1) is 18.5. The predicted molar refractivity (Wildman–Crippen MR) is 88.1 cm³/mol. The van der Waals surface area contributed by atoms with Crippen molar-refractivity contribution in [3.63, 3.8) is 0 Å². The molecule has 6 nitrogen and oxygen atoms in total. The predicted octanol–water partition coefficient (Wildman–Crippen LogP) is 1.64. The van der Waals surface area contributed by atoms with Gasteiger partial charge in [-0.15, -0.1) is 0 Å². The average Bonchev–Trinajstić information content (AvgIpc) is 2.77. The number of hydrogen-bond acceptors (Lipinski definition) is 5. The molecule has 0 fully saturated rings. The molecule has 122 valence electrons. The largest absolute Gasteiger partial charge is 0.310 e. The number of aryl methyl sites for hydroxylation is 1. The van der Waals surface area contributed by atoms with Crippen LogP contribution in [0.1, 0.15) is 38.4 Å². The van der Waals surface area contributed by atoms with Gasteiger partial charge in [-0.2, -0.15) is 16.9 Å². The van der Waals surface area contributed by atoms with Crippen LogP contribution in [0.3, 0.4) is 0 Å². The molecule has 0 aliphatic carbocycles. The smallest absolute Gasteiger partial charge is 0.260 e. The fourth-order valence-corrected chi connectivity index (χ4v) is 4.22. The number of sulfonamides is 1. The van der Waals surface area contributed by atoms with Crippen molar-refractivity contribution in [1.29, 1.82) is 0 Å². The van der Waals surface area contributed by atoms with Gasteiger partial charge in [0.1, 0.15) is 0 Å². The zero-order valence-corrected chi connectivity index (χ0v) is 15.0. The molecule has 0 aliphatic rings. The van der Waals surface area contributed by atoms with Crippen molar-refractivity contribution in [2.45, 2.75) is 57.8 Å². The van der Waals surface area contributed by atoms with Crippen LogP contribution in [-0.2, 0) is 16.6 Å². The van der Waals surface area contributed by atoms with Crippen molar-refractivity contribution in [3.8, 4) is 0 Å². The fourth-order valence-electron chi connectivity index (χ4n) is 1.88. The molecule has 1 aromatic rings. The molecule has 0 spiro atoms. The Hall–Kier alpha value is -0.570. The molecule has 21 heavy (non-hydrogen) atoms. The van der Waals surface area contributed by atoms with E-state index in [-0.39, 0.29) is 17.1 Å². The van der Waals surface area contributed by atoms with Gasteiger partial charge in [-0.05, 0) is 19.6 Å². The zero-order chi connectivity index (χ0) is 16.0. The summed E-state index contributed by atoms with van der Waals surface area (Å²) in [6.07, 6.45) is 2.72. The summed E-state index contributed by atoms with van der Waals surface area (Å²) in [6.45, 7) is 8.33. The van der Waals surface area contributed by atoms with Crippen LogP contribution in [0.5, 0.6) is 0 Å². The third kappa shape index (κ3) is 5.28. The highest BCUT2D eigenvalue weighted by Gasteiger charge is 2.26. The summed E-state index contributed by atoms with van der Waals surface area (Å²) in [5, 5.41) is 10.1. The molecule has 0 aromatic carbocycles.